The number of hydrogen-bond donors (Lipinski definition) is 2. The number of aromatic amines is 1. The minimum absolute atomic E-state index is 0.0702. The Labute approximate surface area is 195 Å². The summed E-state index contributed by atoms with van der Waals surface area (Å²) in [5, 5.41) is 3.97. The van der Waals surface area contributed by atoms with Gasteiger partial charge in [-0.25, -0.2) is 13.4 Å². The Kier molecular flexibility index (Phi) is 6.94. The summed E-state index contributed by atoms with van der Waals surface area (Å²) in [6.07, 6.45) is 1.68. The summed E-state index contributed by atoms with van der Waals surface area (Å²) in [5.41, 5.74) is 1.96. The van der Waals surface area contributed by atoms with Crippen molar-refractivity contribution in [2.24, 2.45) is 0 Å². The van der Waals surface area contributed by atoms with Crippen LogP contribution in [-0.4, -0.2) is 54.0 Å². The van der Waals surface area contributed by atoms with Crippen molar-refractivity contribution >= 4 is 56.0 Å². The molecule has 2 N–H and O–H groups in total. The number of sulfonamides is 1. The van der Waals surface area contributed by atoms with Crippen molar-refractivity contribution < 1.29 is 17.9 Å². The first-order valence-corrected chi connectivity index (χ1v) is 13.0. The molecule has 0 saturated carbocycles. The van der Waals surface area contributed by atoms with E-state index in [9.17, 15) is 13.2 Å². The molecule has 0 bridgehead atoms. The molecular formula is C21H23ClN4O4S2. The number of H-pyrrole nitrogens is 1. The van der Waals surface area contributed by atoms with Crippen LogP contribution in [0.1, 0.15) is 19.8 Å². The highest BCUT2D eigenvalue weighted by molar-refractivity contribution is 7.99. The molecule has 0 radical (unpaired) electrons. The van der Waals surface area contributed by atoms with Crippen molar-refractivity contribution in [2.45, 2.75) is 29.8 Å². The quantitative estimate of drug-likeness (QED) is 0.456. The molecule has 1 amide bonds. The highest BCUT2D eigenvalue weighted by atomic mass is 35.5. The SMILES string of the molecule is CCOc1ccc(NC(=O)CSc2nc3ccc(Cl)cc3[nH]2)cc1S(=O)(=O)N1CCCC1. The number of imidazole rings is 1. The molecule has 4 rings (SSSR count). The van der Waals surface area contributed by atoms with Crippen molar-refractivity contribution in [3.63, 3.8) is 0 Å². The Bertz CT molecular complexity index is 1240. The number of nitrogens with one attached hydrogen (secondary N) is 2. The maximum atomic E-state index is 13.1. The number of carbonyl (C=O) groups excluding carboxylic acids is 1. The van der Waals surface area contributed by atoms with Crippen LogP contribution in [0.4, 0.5) is 5.69 Å². The molecule has 32 heavy (non-hydrogen) atoms. The largest absolute Gasteiger partial charge is 0.492 e. The summed E-state index contributed by atoms with van der Waals surface area (Å²) in [5.74, 6) is 0.115. The first-order valence-electron chi connectivity index (χ1n) is 10.2. The first kappa shape index (κ1) is 22.9. The lowest BCUT2D eigenvalue weighted by molar-refractivity contribution is -0.113. The van der Waals surface area contributed by atoms with Gasteiger partial charge in [-0.05, 0) is 56.2 Å². The molecule has 3 aromatic rings. The van der Waals surface area contributed by atoms with Crippen LogP contribution in [0.5, 0.6) is 5.75 Å². The van der Waals surface area contributed by atoms with Crippen LogP contribution in [0.15, 0.2) is 46.5 Å². The number of benzene rings is 2. The lowest BCUT2D eigenvalue weighted by Crippen LogP contribution is -2.28. The van der Waals surface area contributed by atoms with Gasteiger partial charge in [-0.15, -0.1) is 0 Å². The van der Waals surface area contributed by atoms with Gasteiger partial charge in [-0.2, -0.15) is 4.31 Å². The van der Waals surface area contributed by atoms with E-state index in [1.165, 1.54) is 22.1 Å². The molecule has 2 aromatic carbocycles. The second-order valence-electron chi connectivity index (χ2n) is 7.25. The van der Waals surface area contributed by atoms with Crippen molar-refractivity contribution in [3.8, 4) is 5.75 Å². The molecule has 1 aliphatic heterocycles. The maximum Gasteiger partial charge on any atom is 0.246 e. The number of anilines is 1. The van der Waals surface area contributed by atoms with E-state index in [4.69, 9.17) is 16.3 Å². The molecule has 0 unspecified atom stereocenters. The van der Waals surface area contributed by atoms with E-state index in [0.717, 1.165) is 23.9 Å². The number of carbonyl (C=O) groups is 1. The van der Waals surface area contributed by atoms with Gasteiger partial charge in [0.15, 0.2) is 5.16 Å². The summed E-state index contributed by atoms with van der Waals surface area (Å²) in [4.78, 5) is 20.1. The van der Waals surface area contributed by atoms with Gasteiger partial charge in [0.2, 0.25) is 15.9 Å². The van der Waals surface area contributed by atoms with Gasteiger partial charge < -0.3 is 15.0 Å². The molecule has 8 nitrogen and oxygen atoms in total. The lowest BCUT2D eigenvalue weighted by Gasteiger charge is -2.19. The minimum Gasteiger partial charge on any atom is -0.492 e. The van der Waals surface area contributed by atoms with Crippen molar-refractivity contribution in [1.82, 2.24) is 14.3 Å². The Morgan fingerprint density at radius 1 is 1.25 bits per heavy atom. The number of hydrogen-bond acceptors (Lipinski definition) is 6. The third-order valence-corrected chi connectivity index (χ3v) is 8.00. The van der Waals surface area contributed by atoms with Gasteiger partial charge >= 0.3 is 0 Å². The smallest absolute Gasteiger partial charge is 0.246 e. The van der Waals surface area contributed by atoms with Crippen LogP contribution in [0.25, 0.3) is 11.0 Å². The van der Waals surface area contributed by atoms with Crippen LogP contribution in [-0.2, 0) is 14.8 Å². The Morgan fingerprint density at radius 2 is 2.03 bits per heavy atom. The number of fused-ring (bicyclic) bond motifs is 1. The number of halogens is 1. The molecule has 11 heteroatoms. The second-order valence-corrected chi connectivity index (χ2v) is 10.6. The normalized spacial score (nSPS) is 14.7. The second kappa shape index (κ2) is 9.70. The lowest BCUT2D eigenvalue weighted by atomic mass is 10.3. The number of aromatic nitrogens is 2. The van der Waals surface area contributed by atoms with Crippen LogP contribution in [0, 0.1) is 0 Å². The van der Waals surface area contributed by atoms with Crippen LogP contribution in [0.2, 0.25) is 5.02 Å². The van der Waals surface area contributed by atoms with Crippen molar-refractivity contribution in [3.05, 3.63) is 41.4 Å². The van der Waals surface area contributed by atoms with Gasteiger partial charge in [-0.3, -0.25) is 4.79 Å². The topological polar surface area (TPSA) is 104 Å². The average molecular weight is 495 g/mol. The van der Waals surface area contributed by atoms with Gasteiger partial charge in [-0.1, -0.05) is 23.4 Å². The highest BCUT2D eigenvalue weighted by Gasteiger charge is 2.30. The zero-order chi connectivity index (χ0) is 22.7. The zero-order valence-electron chi connectivity index (χ0n) is 17.4. The number of amides is 1. The molecule has 1 saturated heterocycles. The van der Waals surface area contributed by atoms with Gasteiger partial charge in [0.05, 0.1) is 23.4 Å². The molecule has 1 aliphatic rings. The zero-order valence-corrected chi connectivity index (χ0v) is 19.8. The maximum absolute atomic E-state index is 13.1. The summed E-state index contributed by atoms with van der Waals surface area (Å²) in [6, 6.07) is 10.0. The Morgan fingerprint density at radius 3 is 2.78 bits per heavy atom. The van der Waals surface area contributed by atoms with Gasteiger partial charge in [0.25, 0.3) is 0 Å². The summed E-state index contributed by atoms with van der Waals surface area (Å²) in [6.45, 7) is 3.12. The summed E-state index contributed by atoms with van der Waals surface area (Å²) in [7, 11) is -3.70. The van der Waals surface area contributed by atoms with E-state index in [1.807, 2.05) is 0 Å². The molecule has 170 valence electrons. The third-order valence-electron chi connectivity index (χ3n) is 4.97. The third kappa shape index (κ3) is 5.03. The average Bonchev–Trinajstić information content (AvgIpc) is 3.43. The molecule has 1 aromatic heterocycles. The predicted octanol–water partition coefficient (Wildman–Crippen LogP) is 4.13. The van der Waals surface area contributed by atoms with E-state index < -0.39 is 10.0 Å². The number of thioether (sulfide) groups is 1. The highest BCUT2D eigenvalue weighted by Crippen LogP contribution is 2.32. The van der Waals surface area contributed by atoms with Crippen LogP contribution in [0.3, 0.4) is 0 Å². The fourth-order valence-corrected chi connectivity index (χ4v) is 6.02. The van der Waals surface area contributed by atoms with Crippen molar-refractivity contribution in [2.75, 3.05) is 30.8 Å². The summed E-state index contributed by atoms with van der Waals surface area (Å²) >= 11 is 7.24. The molecule has 0 spiro atoms. The van der Waals surface area contributed by atoms with E-state index in [-0.39, 0.29) is 22.3 Å². The number of rotatable bonds is 8. The fourth-order valence-electron chi connectivity index (χ4n) is 3.49. The van der Waals surface area contributed by atoms with E-state index in [1.54, 1.807) is 37.3 Å². The molecule has 1 fully saturated rings. The standard InChI is InChI=1S/C21H23ClN4O4S2/c1-2-30-18-8-6-15(12-19(18)32(28,29)26-9-3-4-10-26)23-20(27)13-31-21-24-16-7-5-14(22)11-17(16)25-21/h5-8,11-12H,2-4,9-10,13H2,1H3,(H,23,27)(H,24,25). The fraction of sp³-hybridized carbons (Fsp3) is 0.333. The Balaban J connectivity index is 1.47. The molecular weight excluding hydrogens is 472 g/mol. The monoisotopic (exact) mass is 494 g/mol. The Hall–Kier alpha value is -2.27. The van der Waals surface area contributed by atoms with Crippen LogP contribution < -0.4 is 10.1 Å². The van der Waals surface area contributed by atoms with E-state index >= 15 is 0 Å². The van der Waals surface area contributed by atoms with Gasteiger partial charge in [0, 0.05) is 23.8 Å². The van der Waals surface area contributed by atoms with E-state index in [2.05, 4.69) is 15.3 Å². The first-order chi connectivity index (χ1) is 15.4. The predicted molar refractivity (Wildman–Crippen MR) is 126 cm³/mol. The van der Waals surface area contributed by atoms with Crippen LogP contribution >= 0.6 is 23.4 Å². The number of nitrogens with zero attached hydrogens (tertiary/aromatic N) is 2. The van der Waals surface area contributed by atoms with Crippen molar-refractivity contribution in [1.29, 1.82) is 0 Å². The minimum atomic E-state index is -3.70. The molecule has 2 heterocycles. The molecule has 0 aliphatic carbocycles. The van der Waals surface area contributed by atoms with E-state index in [0.29, 0.717) is 35.6 Å². The van der Waals surface area contributed by atoms with Gasteiger partial charge in [0.1, 0.15) is 10.6 Å². The summed E-state index contributed by atoms with van der Waals surface area (Å²) < 4.78 is 33.2. The number of ether oxygens (including phenoxy) is 1. The molecule has 0 atom stereocenters.